The molecule has 2 N–H and O–H groups in total. The van der Waals surface area contributed by atoms with E-state index in [0.29, 0.717) is 6.61 Å². The quantitative estimate of drug-likeness (QED) is 0.858. The zero-order valence-corrected chi connectivity index (χ0v) is 10.0. The highest BCUT2D eigenvalue weighted by Gasteiger charge is 2.25. The van der Waals surface area contributed by atoms with Gasteiger partial charge in [0.1, 0.15) is 18.1 Å². The second kappa shape index (κ2) is 4.38. The normalized spacial score (nSPS) is 18.1. The van der Waals surface area contributed by atoms with Gasteiger partial charge in [-0.05, 0) is 12.1 Å². The van der Waals surface area contributed by atoms with Gasteiger partial charge in [0.25, 0.3) is 0 Å². The van der Waals surface area contributed by atoms with E-state index in [4.69, 9.17) is 15.2 Å². The number of benzene rings is 1. The predicted molar refractivity (Wildman–Crippen MR) is 60.4 cm³/mol. The van der Waals surface area contributed by atoms with Crippen LogP contribution < -0.4 is 15.2 Å². The molecule has 1 atom stereocenters. The van der Waals surface area contributed by atoms with Crippen LogP contribution in [0.1, 0.15) is 11.6 Å². The van der Waals surface area contributed by atoms with Crippen molar-refractivity contribution in [1.29, 1.82) is 0 Å². The number of hydrogen-bond acceptors (Lipinski definition) is 3. The largest absolute Gasteiger partial charge is 0.496 e. The average Bonchev–Trinajstić information content (AvgIpc) is 2.46. The van der Waals surface area contributed by atoms with Crippen LogP contribution in [0.4, 0.5) is 0 Å². The third-order valence-electron chi connectivity index (χ3n) is 2.08. The minimum absolute atomic E-state index is 0. The van der Waals surface area contributed by atoms with Crippen molar-refractivity contribution in [2.24, 2.45) is 5.73 Å². The molecule has 78 valence electrons. The van der Waals surface area contributed by atoms with Crippen LogP contribution >= 0.6 is 28.3 Å². The molecule has 1 aliphatic heterocycles. The molecule has 0 radical (unpaired) electrons. The first kappa shape index (κ1) is 11.6. The maximum atomic E-state index is 5.85. The van der Waals surface area contributed by atoms with Gasteiger partial charge in [-0.1, -0.05) is 15.9 Å². The second-order valence-electron chi connectivity index (χ2n) is 2.94. The summed E-state index contributed by atoms with van der Waals surface area (Å²) in [5, 5.41) is 0. The van der Waals surface area contributed by atoms with Crippen molar-refractivity contribution in [3.05, 3.63) is 22.2 Å². The minimum Gasteiger partial charge on any atom is -0.496 e. The summed E-state index contributed by atoms with van der Waals surface area (Å²) < 4.78 is 11.6. The Balaban J connectivity index is 0.000000980. The highest BCUT2D eigenvalue weighted by molar-refractivity contribution is 9.10. The standard InChI is InChI=1S/C9H10BrNO2.ClH/c1-12-7-2-5(10)3-8-9(7)6(11)4-13-8;/h2-3,6H,4,11H2,1H3;1H. The van der Waals surface area contributed by atoms with E-state index in [1.54, 1.807) is 7.11 Å². The summed E-state index contributed by atoms with van der Waals surface area (Å²) in [4.78, 5) is 0. The number of methoxy groups -OCH3 is 1. The molecule has 0 spiro atoms. The number of ether oxygens (including phenoxy) is 2. The summed E-state index contributed by atoms with van der Waals surface area (Å²) in [6, 6.07) is 3.73. The molecule has 3 nitrogen and oxygen atoms in total. The van der Waals surface area contributed by atoms with Crippen molar-refractivity contribution >= 4 is 28.3 Å². The fraction of sp³-hybridized carbons (Fsp3) is 0.333. The molecule has 1 unspecified atom stereocenters. The number of nitrogens with two attached hydrogens (primary N) is 1. The first-order chi connectivity index (χ1) is 6.22. The Morgan fingerprint density at radius 1 is 1.57 bits per heavy atom. The molecule has 0 fully saturated rings. The van der Waals surface area contributed by atoms with Crippen LogP contribution in [0, 0.1) is 0 Å². The van der Waals surface area contributed by atoms with Crippen LogP contribution in [0.2, 0.25) is 0 Å². The highest BCUT2D eigenvalue weighted by atomic mass is 79.9. The number of rotatable bonds is 1. The van der Waals surface area contributed by atoms with E-state index < -0.39 is 0 Å². The molecule has 0 aromatic heterocycles. The van der Waals surface area contributed by atoms with Crippen molar-refractivity contribution in [1.82, 2.24) is 0 Å². The summed E-state index contributed by atoms with van der Waals surface area (Å²) in [7, 11) is 1.63. The van der Waals surface area contributed by atoms with Gasteiger partial charge in [0.2, 0.25) is 0 Å². The van der Waals surface area contributed by atoms with Crippen LogP contribution in [0.5, 0.6) is 11.5 Å². The molecule has 1 heterocycles. The lowest BCUT2D eigenvalue weighted by Gasteiger charge is -2.08. The van der Waals surface area contributed by atoms with Gasteiger partial charge in [-0.15, -0.1) is 12.4 Å². The molecule has 0 bridgehead atoms. The van der Waals surface area contributed by atoms with Crippen LogP contribution in [-0.4, -0.2) is 13.7 Å². The summed E-state index contributed by atoms with van der Waals surface area (Å²) in [5.41, 5.74) is 6.82. The Kier molecular flexibility index (Phi) is 3.64. The summed E-state index contributed by atoms with van der Waals surface area (Å²) >= 11 is 3.38. The van der Waals surface area contributed by atoms with Crippen molar-refractivity contribution in [3.8, 4) is 11.5 Å². The molecule has 0 saturated heterocycles. The molecule has 2 rings (SSSR count). The van der Waals surface area contributed by atoms with Crippen molar-refractivity contribution < 1.29 is 9.47 Å². The smallest absolute Gasteiger partial charge is 0.129 e. The fourth-order valence-corrected chi connectivity index (χ4v) is 1.90. The maximum absolute atomic E-state index is 5.85. The van der Waals surface area contributed by atoms with Crippen molar-refractivity contribution in [2.75, 3.05) is 13.7 Å². The van der Waals surface area contributed by atoms with E-state index in [1.165, 1.54) is 0 Å². The summed E-state index contributed by atoms with van der Waals surface area (Å²) in [6.45, 7) is 0.530. The van der Waals surface area contributed by atoms with E-state index in [9.17, 15) is 0 Å². The molecule has 1 aliphatic rings. The minimum atomic E-state index is -0.0713. The van der Waals surface area contributed by atoms with Gasteiger partial charge in [0.15, 0.2) is 0 Å². The monoisotopic (exact) mass is 279 g/mol. The third-order valence-corrected chi connectivity index (χ3v) is 2.54. The number of halogens is 2. The Morgan fingerprint density at radius 3 is 2.93 bits per heavy atom. The van der Waals surface area contributed by atoms with E-state index in [-0.39, 0.29) is 18.4 Å². The lowest BCUT2D eigenvalue weighted by atomic mass is 10.1. The number of hydrogen-bond donors (Lipinski definition) is 1. The highest BCUT2D eigenvalue weighted by Crippen LogP contribution is 2.40. The Bertz CT molecular complexity index is 346. The molecule has 0 aliphatic carbocycles. The predicted octanol–water partition coefficient (Wildman–Crippen LogP) is 2.27. The van der Waals surface area contributed by atoms with Crippen molar-refractivity contribution in [3.63, 3.8) is 0 Å². The molecule has 14 heavy (non-hydrogen) atoms. The summed E-state index contributed by atoms with van der Waals surface area (Å²) in [5.74, 6) is 1.60. The van der Waals surface area contributed by atoms with Gasteiger partial charge in [-0.2, -0.15) is 0 Å². The van der Waals surface area contributed by atoms with Gasteiger partial charge in [-0.3, -0.25) is 0 Å². The Morgan fingerprint density at radius 2 is 2.29 bits per heavy atom. The first-order valence-electron chi connectivity index (χ1n) is 3.98. The zero-order valence-electron chi connectivity index (χ0n) is 7.62. The Hall–Kier alpha value is -0.450. The van der Waals surface area contributed by atoms with Gasteiger partial charge in [0.05, 0.1) is 18.7 Å². The van der Waals surface area contributed by atoms with Crippen LogP contribution in [-0.2, 0) is 0 Å². The van der Waals surface area contributed by atoms with Crippen LogP contribution in [0.25, 0.3) is 0 Å². The lowest BCUT2D eigenvalue weighted by Crippen LogP contribution is -2.11. The molecule has 1 aromatic carbocycles. The third kappa shape index (κ3) is 1.82. The van der Waals surface area contributed by atoms with E-state index in [2.05, 4.69) is 15.9 Å². The van der Waals surface area contributed by atoms with Gasteiger partial charge < -0.3 is 15.2 Å². The van der Waals surface area contributed by atoms with Crippen LogP contribution in [0.3, 0.4) is 0 Å². The Labute approximate surface area is 97.1 Å². The second-order valence-corrected chi connectivity index (χ2v) is 3.85. The number of fused-ring (bicyclic) bond motifs is 1. The first-order valence-corrected chi connectivity index (χ1v) is 4.77. The maximum Gasteiger partial charge on any atom is 0.129 e. The van der Waals surface area contributed by atoms with Gasteiger partial charge >= 0.3 is 0 Å². The van der Waals surface area contributed by atoms with Crippen LogP contribution in [0.15, 0.2) is 16.6 Å². The zero-order chi connectivity index (χ0) is 9.42. The molecule has 0 saturated carbocycles. The van der Waals surface area contributed by atoms with E-state index in [1.807, 2.05) is 12.1 Å². The lowest BCUT2D eigenvalue weighted by molar-refractivity contribution is 0.333. The topological polar surface area (TPSA) is 44.5 Å². The van der Waals surface area contributed by atoms with E-state index >= 15 is 0 Å². The average molecular weight is 281 g/mol. The van der Waals surface area contributed by atoms with Gasteiger partial charge in [-0.25, -0.2) is 0 Å². The molecule has 5 heteroatoms. The molecular weight excluding hydrogens is 269 g/mol. The fourth-order valence-electron chi connectivity index (χ4n) is 1.49. The summed E-state index contributed by atoms with van der Waals surface area (Å²) in [6.07, 6.45) is 0. The van der Waals surface area contributed by atoms with Crippen molar-refractivity contribution in [2.45, 2.75) is 6.04 Å². The SMILES string of the molecule is COc1cc(Br)cc2c1C(N)CO2.Cl. The molecule has 1 aromatic rings. The molecular formula is C9H11BrClNO2. The van der Waals surface area contributed by atoms with E-state index in [0.717, 1.165) is 21.5 Å². The molecule has 0 amide bonds. The van der Waals surface area contributed by atoms with Gasteiger partial charge in [0, 0.05) is 4.47 Å².